The van der Waals surface area contributed by atoms with Crippen molar-refractivity contribution in [2.75, 3.05) is 31.4 Å². The number of rotatable bonds is 6. The summed E-state index contributed by atoms with van der Waals surface area (Å²) >= 11 is 0. The van der Waals surface area contributed by atoms with E-state index in [1.54, 1.807) is 11.8 Å². The quantitative estimate of drug-likeness (QED) is 0.850. The molecule has 2 heterocycles. The Kier molecular flexibility index (Phi) is 4.52. The minimum Gasteiger partial charge on any atom is -0.377 e. The summed E-state index contributed by atoms with van der Waals surface area (Å²) in [7, 11) is 7.37. The highest BCUT2D eigenvalue weighted by atomic mass is 16.5. The first kappa shape index (κ1) is 14.3. The first-order chi connectivity index (χ1) is 9.62. The van der Waals surface area contributed by atoms with Crippen molar-refractivity contribution in [3.63, 3.8) is 0 Å². The van der Waals surface area contributed by atoms with Gasteiger partial charge in [0.2, 0.25) is 0 Å². The Bertz CT molecular complexity index is 568. The fourth-order valence-corrected chi connectivity index (χ4v) is 1.91. The molecule has 0 saturated carbocycles. The predicted octanol–water partition coefficient (Wildman–Crippen LogP) is 1.03. The lowest BCUT2D eigenvalue weighted by atomic mass is 10.3. The largest absolute Gasteiger partial charge is 0.377 e. The van der Waals surface area contributed by atoms with Gasteiger partial charge in [-0.25, -0.2) is 9.97 Å². The van der Waals surface area contributed by atoms with Gasteiger partial charge in [-0.05, 0) is 0 Å². The van der Waals surface area contributed by atoms with Crippen LogP contribution < -0.4 is 10.2 Å². The smallest absolute Gasteiger partial charge is 0.158 e. The summed E-state index contributed by atoms with van der Waals surface area (Å²) in [4.78, 5) is 10.9. The summed E-state index contributed by atoms with van der Waals surface area (Å²) in [6.45, 7) is 1.13. The van der Waals surface area contributed by atoms with Crippen LogP contribution in [0, 0.1) is 0 Å². The van der Waals surface area contributed by atoms with E-state index in [1.165, 1.54) is 0 Å². The minimum atomic E-state index is 0.392. The van der Waals surface area contributed by atoms with Crippen LogP contribution in [0.2, 0.25) is 0 Å². The van der Waals surface area contributed by atoms with Gasteiger partial charge < -0.3 is 15.0 Å². The van der Waals surface area contributed by atoms with Crippen LogP contribution in [0.25, 0.3) is 0 Å². The number of hydrogen-bond donors (Lipinski definition) is 1. The van der Waals surface area contributed by atoms with E-state index in [4.69, 9.17) is 4.74 Å². The molecule has 0 atom stereocenters. The number of methoxy groups -OCH3 is 1. The fraction of sp³-hybridized carbons (Fsp3) is 0.462. The average Bonchev–Trinajstić information content (AvgIpc) is 2.84. The highest BCUT2D eigenvalue weighted by Crippen LogP contribution is 2.17. The molecule has 0 aliphatic heterocycles. The van der Waals surface area contributed by atoms with Crippen LogP contribution in [0.1, 0.15) is 11.4 Å². The highest BCUT2D eigenvalue weighted by molar-refractivity contribution is 5.48. The molecule has 0 radical (unpaired) electrons. The number of nitrogens with zero attached hydrogens (tertiary/aromatic N) is 5. The molecule has 7 heteroatoms. The van der Waals surface area contributed by atoms with Gasteiger partial charge in [0.05, 0.1) is 6.20 Å². The van der Waals surface area contributed by atoms with Crippen LogP contribution in [0.15, 0.2) is 18.5 Å². The third-order valence-electron chi connectivity index (χ3n) is 2.86. The van der Waals surface area contributed by atoms with E-state index in [9.17, 15) is 0 Å². The van der Waals surface area contributed by atoms with Crippen molar-refractivity contribution < 1.29 is 4.74 Å². The van der Waals surface area contributed by atoms with E-state index < -0.39 is 0 Å². The van der Waals surface area contributed by atoms with Gasteiger partial charge in [0, 0.05) is 52.6 Å². The zero-order valence-corrected chi connectivity index (χ0v) is 12.3. The maximum atomic E-state index is 5.10. The molecule has 1 N–H and O–H groups in total. The van der Waals surface area contributed by atoms with Crippen molar-refractivity contribution in [3.05, 3.63) is 29.8 Å². The molecule has 0 amide bonds. The Balaban J connectivity index is 2.19. The predicted molar refractivity (Wildman–Crippen MR) is 77.6 cm³/mol. The Labute approximate surface area is 118 Å². The lowest BCUT2D eigenvalue weighted by molar-refractivity contribution is 0.178. The van der Waals surface area contributed by atoms with Crippen LogP contribution in [0.3, 0.4) is 0 Å². The standard InChI is InChI=1S/C13H20N6O/c1-14-11-5-13(17-12(16-11)9-20-4)18(2)7-10-6-15-19(3)8-10/h5-6,8H,7,9H2,1-4H3,(H,14,16,17). The number of aromatic nitrogens is 4. The van der Waals surface area contributed by atoms with Crippen molar-refractivity contribution in [1.82, 2.24) is 19.7 Å². The minimum absolute atomic E-state index is 0.392. The van der Waals surface area contributed by atoms with Gasteiger partial charge in [-0.15, -0.1) is 0 Å². The van der Waals surface area contributed by atoms with Crippen LogP contribution in [-0.2, 0) is 24.9 Å². The molecular weight excluding hydrogens is 256 g/mol. The third-order valence-corrected chi connectivity index (χ3v) is 2.86. The number of anilines is 2. The Morgan fingerprint density at radius 1 is 1.40 bits per heavy atom. The molecule has 0 spiro atoms. The second-order valence-corrected chi connectivity index (χ2v) is 4.59. The van der Waals surface area contributed by atoms with Gasteiger partial charge >= 0.3 is 0 Å². The van der Waals surface area contributed by atoms with E-state index in [-0.39, 0.29) is 0 Å². The molecule has 0 unspecified atom stereocenters. The average molecular weight is 276 g/mol. The first-order valence-corrected chi connectivity index (χ1v) is 6.35. The molecule has 0 saturated heterocycles. The van der Waals surface area contributed by atoms with Gasteiger partial charge in [0.1, 0.15) is 18.2 Å². The number of ether oxygens (including phenoxy) is 1. The van der Waals surface area contributed by atoms with Crippen molar-refractivity contribution in [2.24, 2.45) is 7.05 Å². The summed E-state index contributed by atoms with van der Waals surface area (Å²) in [5.41, 5.74) is 1.13. The van der Waals surface area contributed by atoms with Gasteiger partial charge in [-0.1, -0.05) is 0 Å². The lowest BCUT2D eigenvalue weighted by Gasteiger charge is -2.18. The Hall–Kier alpha value is -2.15. The topological polar surface area (TPSA) is 68.1 Å². The molecule has 7 nitrogen and oxygen atoms in total. The maximum absolute atomic E-state index is 5.10. The number of aryl methyl sites for hydroxylation is 1. The first-order valence-electron chi connectivity index (χ1n) is 6.35. The fourth-order valence-electron chi connectivity index (χ4n) is 1.91. The van der Waals surface area contributed by atoms with Gasteiger partial charge in [-0.2, -0.15) is 5.10 Å². The monoisotopic (exact) mass is 276 g/mol. The number of nitrogens with one attached hydrogen (secondary N) is 1. The van der Waals surface area contributed by atoms with E-state index in [0.717, 1.165) is 23.7 Å². The van der Waals surface area contributed by atoms with E-state index in [1.807, 2.05) is 39.6 Å². The van der Waals surface area contributed by atoms with Crippen molar-refractivity contribution >= 4 is 11.6 Å². The molecular formula is C13H20N6O. The van der Waals surface area contributed by atoms with Crippen LogP contribution in [0.4, 0.5) is 11.6 Å². The summed E-state index contributed by atoms with van der Waals surface area (Å²) < 4.78 is 6.89. The summed E-state index contributed by atoms with van der Waals surface area (Å²) in [6, 6.07) is 1.91. The van der Waals surface area contributed by atoms with Crippen LogP contribution in [-0.4, -0.2) is 41.0 Å². The molecule has 20 heavy (non-hydrogen) atoms. The normalized spacial score (nSPS) is 10.6. The van der Waals surface area contributed by atoms with E-state index in [0.29, 0.717) is 12.4 Å². The molecule has 2 aromatic heterocycles. The van der Waals surface area contributed by atoms with Crippen molar-refractivity contribution in [1.29, 1.82) is 0 Å². The van der Waals surface area contributed by atoms with Gasteiger partial charge in [-0.3, -0.25) is 4.68 Å². The zero-order valence-electron chi connectivity index (χ0n) is 12.3. The molecule has 0 aliphatic rings. The lowest BCUT2D eigenvalue weighted by Crippen LogP contribution is -2.19. The summed E-state index contributed by atoms with van der Waals surface area (Å²) in [5.74, 6) is 2.28. The van der Waals surface area contributed by atoms with E-state index >= 15 is 0 Å². The highest BCUT2D eigenvalue weighted by Gasteiger charge is 2.09. The van der Waals surface area contributed by atoms with Crippen molar-refractivity contribution in [2.45, 2.75) is 13.2 Å². The summed E-state index contributed by atoms with van der Waals surface area (Å²) in [5, 5.41) is 7.21. The Morgan fingerprint density at radius 3 is 2.80 bits per heavy atom. The van der Waals surface area contributed by atoms with Crippen LogP contribution >= 0.6 is 0 Å². The second kappa shape index (κ2) is 6.33. The molecule has 108 valence electrons. The zero-order chi connectivity index (χ0) is 14.5. The third kappa shape index (κ3) is 3.45. The molecule has 0 bridgehead atoms. The molecule has 0 aromatic carbocycles. The van der Waals surface area contributed by atoms with Crippen LogP contribution in [0.5, 0.6) is 0 Å². The SMILES string of the molecule is CNc1cc(N(C)Cc2cnn(C)c2)nc(COC)n1. The maximum Gasteiger partial charge on any atom is 0.158 e. The molecule has 0 fully saturated rings. The molecule has 2 aromatic rings. The second-order valence-electron chi connectivity index (χ2n) is 4.59. The summed E-state index contributed by atoms with van der Waals surface area (Å²) in [6.07, 6.45) is 3.85. The molecule has 2 rings (SSSR count). The molecule has 0 aliphatic carbocycles. The Morgan fingerprint density at radius 2 is 2.20 bits per heavy atom. The van der Waals surface area contributed by atoms with Gasteiger partial charge in [0.25, 0.3) is 0 Å². The van der Waals surface area contributed by atoms with E-state index in [2.05, 4.69) is 25.3 Å². The number of hydrogen-bond acceptors (Lipinski definition) is 6. The van der Waals surface area contributed by atoms with Crippen molar-refractivity contribution in [3.8, 4) is 0 Å². The van der Waals surface area contributed by atoms with Gasteiger partial charge in [0.15, 0.2) is 5.82 Å².